The van der Waals surface area contributed by atoms with E-state index < -0.39 is 34.9 Å². The third-order valence-electron chi connectivity index (χ3n) is 16.2. The Morgan fingerprint density at radius 3 is 2.38 bits per heavy atom. The smallest absolute Gasteiger partial charge is 0.319 e. The standard InChI is InChI=1S/C55H64F3N9O7/c1-4-38-42(56)9-6-34-25-37(74-33-72-3)26-40(45(34)38)47-46(57)48-41(27-59-47)49(66-17-5-12-53(2,71)29-66)62-52(61-48)73-32-54(13-14-54)30-63-18-15-55(58,16-19-63)31-64-20-22-65(23-21-64)36-7-8-39-35(24-36)28-67(51(39)70)43-10-11-44(68)60-50(43)69/h6-9,24-27,43,71H,4-5,10-23,28-33H2,1-3H3,(H,60,68,69)/t43-,53+/m0/s1. The van der Waals surface area contributed by atoms with Gasteiger partial charge in [-0.25, -0.2) is 13.2 Å². The molecule has 74 heavy (non-hydrogen) atoms. The number of aliphatic hydroxyl groups is 1. The van der Waals surface area contributed by atoms with Crippen LogP contribution in [-0.4, -0.2) is 156 Å². The second-order valence-corrected chi connectivity index (χ2v) is 21.8. The van der Waals surface area contributed by atoms with E-state index in [2.05, 4.69) is 25.0 Å². The Hall–Kier alpha value is -6.15. The normalized spacial score (nSPS) is 23.1. The number of piperazine rings is 1. The fraction of sp³-hybridized carbons (Fsp3) is 0.527. The Labute approximate surface area is 428 Å². The first-order valence-electron chi connectivity index (χ1n) is 26.1. The number of nitrogens with one attached hydrogen (secondary N) is 1. The first-order valence-corrected chi connectivity index (χ1v) is 26.1. The van der Waals surface area contributed by atoms with Crippen LogP contribution in [0.2, 0.25) is 0 Å². The summed E-state index contributed by atoms with van der Waals surface area (Å²) in [6, 6.07) is 11.6. The molecule has 4 saturated heterocycles. The topological polar surface area (TPSA) is 166 Å². The number of β-amino-alcohol motifs (C(OH)–C–C–N with tert-alkyl or cyclic N) is 1. The number of fused-ring (bicyclic) bond motifs is 3. The zero-order valence-electron chi connectivity index (χ0n) is 42.4. The number of piperidine rings is 3. The summed E-state index contributed by atoms with van der Waals surface area (Å²) in [5.41, 5.74) is 0.671. The first kappa shape index (κ1) is 50.0. The lowest BCUT2D eigenvalue weighted by Crippen LogP contribution is -2.54. The van der Waals surface area contributed by atoms with Gasteiger partial charge in [0, 0.05) is 114 Å². The molecule has 5 fully saturated rings. The minimum absolute atomic E-state index is 0.00591. The number of benzene rings is 3. The van der Waals surface area contributed by atoms with Crippen LogP contribution >= 0.6 is 0 Å². The maximum Gasteiger partial charge on any atom is 0.319 e. The molecule has 3 aromatic carbocycles. The number of carbonyl (C=O) groups excluding carboxylic acids is 3. The van der Waals surface area contributed by atoms with Crippen molar-refractivity contribution in [2.24, 2.45) is 5.41 Å². The van der Waals surface area contributed by atoms with Crippen LogP contribution in [0.15, 0.2) is 48.7 Å². The molecular formula is C55H64F3N9O7. The largest absolute Gasteiger partial charge is 0.468 e. The summed E-state index contributed by atoms with van der Waals surface area (Å²) in [5, 5.41) is 15.1. The number of alkyl halides is 1. The quantitative estimate of drug-likeness (QED) is 0.0855. The lowest BCUT2D eigenvalue weighted by molar-refractivity contribution is -0.136. The molecule has 16 nitrogen and oxygen atoms in total. The molecule has 3 amide bonds. The number of methoxy groups -OCH3 is 1. The second-order valence-electron chi connectivity index (χ2n) is 21.8. The van der Waals surface area contributed by atoms with Crippen molar-refractivity contribution < 1.29 is 46.9 Å². The van der Waals surface area contributed by atoms with Gasteiger partial charge in [-0.05, 0) is 117 Å². The van der Waals surface area contributed by atoms with Gasteiger partial charge in [0.05, 0.1) is 17.6 Å². The van der Waals surface area contributed by atoms with Gasteiger partial charge in [-0.3, -0.25) is 29.6 Å². The predicted molar refractivity (Wildman–Crippen MR) is 272 cm³/mol. The van der Waals surface area contributed by atoms with Gasteiger partial charge in [-0.15, -0.1) is 0 Å². The molecule has 19 heteroatoms. The van der Waals surface area contributed by atoms with Crippen molar-refractivity contribution >= 4 is 50.9 Å². The molecule has 392 valence electrons. The molecule has 5 aliphatic heterocycles. The lowest BCUT2D eigenvalue weighted by atomic mass is 9.91. The van der Waals surface area contributed by atoms with E-state index in [0.717, 1.165) is 43.7 Å². The highest BCUT2D eigenvalue weighted by Gasteiger charge is 2.47. The molecule has 1 saturated carbocycles. The van der Waals surface area contributed by atoms with E-state index in [1.54, 1.807) is 36.2 Å². The van der Waals surface area contributed by atoms with Crippen molar-refractivity contribution in [3.63, 3.8) is 0 Å². The molecule has 0 bridgehead atoms. The van der Waals surface area contributed by atoms with Gasteiger partial charge < -0.3 is 38.9 Å². The molecule has 0 radical (unpaired) electrons. The van der Waals surface area contributed by atoms with Crippen LogP contribution in [0.4, 0.5) is 24.7 Å². The number of likely N-dealkylation sites (tertiary alicyclic amines) is 1. The monoisotopic (exact) mass is 1020 g/mol. The molecule has 7 heterocycles. The average molecular weight is 1020 g/mol. The van der Waals surface area contributed by atoms with Gasteiger partial charge in [0.1, 0.15) is 40.3 Å². The van der Waals surface area contributed by atoms with Gasteiger partial charge in [0.25, 0.3) is 5.91 Å². The van der Waals surface area contributed by atoms with Crippen molar-refractivity contribution in [1.29, 1.82) is 0 Å². The highest BCUT2D eigenvalue weighted by molar-refractivity contribution is 6.06. The zero-order valence-corrected chi connectivity index (χ0v) is 42.4. The number of imide groups is 1. The highest BCUT2D eigenvalue weighted by Crippen LogP contribution is 2.48. The molecular weight excluding hydrogens is 956 g/mol. The maximum absolute atomic E-state index is 17.4. The molecule has 2 atom stereocenters. The molecule has 5 aromatic rings. The number of anilines is 2. The summed E-state index contributed by atoms with van der Waals surface area (Å²) in [7, 11) is 1.50. The Kier molecular flexibility index (Phi) is 13.4. The van der Waals surface area contributed by atoms with E-state index in [1.807, 2.05) is 30.0 Å². The molecule has 11 rings (SSSR count). The number of ether oxygens (including phenoxy) is 3. The zero-order chi connectivity index (χ0) is 51.5. The average Bonchev–Trinajstić information content (AvgIpc) is 4.08. The van der Waals surface area contributed by atoms with E-state index >= 15 is 13.2 Å². The van der Waals surface area contributed by atoms with E-state index in [-0.39, 0.29) is 60.8 Å². The number of halogens is 3. The molecule has 2 N–H and O–H groups in total. The maximum atomic E-state index is 17.4. The van der Waals surface area contributed by atoms with Crippen molar-refractivity contribution in [2.45, 2.75) is 95.5 Å². The molecule has 0 spiro atoms. The number of nitrogens with zero attached hydrogens (tertiary/aromatic N) is 8. The van der Waals surface area contributed by atoms with Crippen LogP contribution in [0.25, 0.3) is 32.9 Å². The number of aryl methyl sites for hydroxylation is 1. The Morgan fingerprint density at radius 1 is 0.865 bits per heavy atom. The van der Waals surface area contributed by atoms with Crippen LogP contribution in [0.1, 0.15) is 86.7 Å². The van der Waals surface area contributed by atoms with Crippen LogP contribution < -0.4 is 24.6 Å². The Balaban J connectivity index is 0.744. The molecule has 0 unspecified atom stereocenters. The van der Waals surface area contributed by atoms with Gasteiger partial charge in [0.15, 0.2) is 12.6 Å². The lowest BCUT2D eigenvalue weighted by Gasteiger charge is -2.43. The molecule has 6 aliphatic rings. The summed E-state index contributed by atoms with van der Waals surface area (Å²) in [5.74, 6) is -1.25. The third kappa shape index (κ3) is 9.95. The predicted octanol–water partition coefficient (Wildman–Crippen LogP) is 6.57. The van der Waals surface area contributed by atoms with Crippen LogP contribution in [0.3, 0.4) is 0 Å². The molecule has 2 aromatic heterocycles. The molecule has 1 aliphatic carbocycles. The summed E-state index contributed by atoms with van der Waals surface area (Å²) >= 11 is 0. The van der Waals surface area contributed by atoms with Crippen molar-refractivity contribution in [2.75, 3.05) is 95.8 Å². The van der Waals surface area contributed by atoms with E-state index in [4.69, 9.17) is 24.2 Å². The second kappa shape index (κ2) is 19.8. The van der Waals surface area contributed by atoms with Crippen molar-refractivity contribution in [3.8, 4) is 23.0 Å². The Morgan fingerprint density at radius 2 is 1.65 bits per heavy atom. The minimum atomic E-state index is -1.32. The first-order chi connectivity index (χ1) is 35.6. The van der Waals surface area contributed by atoms with E-state index in [1.165, 1.54) is 13.2 Å². The fourth-order valence-corrected chi connectivity index (χ4v) is 12.0. The number of carbonyl (C=O) groups is 3. The fourth-order valence-electron chi connectivity index (χ4n) is 12.0. The van der Waals surface area contributed by atoms with Crippen molar-refractivity contribution in [1.82, 2.24) is 35.0 Å². The van der Waals surface area contributed by atoms with Crippen LogP contribution in [0, 0.1) is 17.0 Å². The number of pyridine rings is 1. The summed E-state index contributed by atoms with van der Waals surface area (Å²) in [4.78, 5) is 62.0. The number of hydrogen-bond donors (Lipinski definition) is 2. The summed E-state index contributed by atoms with van der Waals surface area (Å²) < 4.78 is 66.8. The summed E-state index contributed by atoms with van der Waals surface area (Å²) in [6.07, 6.45) is 6.40. The SMILES string of the molecule is CCc1c(F)ccc2cc(OCOC)cc(-c3ncc4c(N5CCC[C@@](C)(O)C5)nc(OCC5(CN6CCC(F)(CN7CCN(c8ccc9c(c8)CN([C@H]8CCC(=O)NC8=O)C9=O)CC7)CC6)CC5)nc4c3F)c12. The van der Waals surface area contributed by atoms with Gasteiger partial charge in [-0.2, -0.15) is 9.97 Å². The number of aromatic nitrogens is 3. The number of rotatable bonds is 15. The Bertz CT molecular complexity index is 3010. The van der Waals surface area contributed by atoms with E-state index in [9.17, 15) is 19.5 Å². The van der Waals surface area contributed by atoms with Gasteiger partial charge in [0.2, 0.25) is 11.8 Å². The third-order valence-corrected chi connectivity index (χ3v) is 16.2. The minimum Gasteiger partial charge on any atom is -0.468 e. The highest BCUT2D eigenvalue weighted by atomic mass is 19.1. The van der Waals surface area contributed by atoms with Crippen molar-refractivity contribution in [3.05, 3.63) is 77.0 Å². The van der Waals surface area contributed by atoms with Gasteiger partial charge in [-0.1, -0.05) is 13.0 Å². The van der Waals surface area contributed by atoms with Crippen LogP contribution in [-0.2, 0) is 27.3 Å². The van der Waals surface area contributed by atoms with Crippen LogP contribution in [0.5, 0.6) is 11.8 Å². The van der Waals surface area contributed by atoms with Gasteiger partial charge >= 0.3 is 6.01 Å². The van der Waals surface area contributed by atoms with E-state index in [0.29, 0.717) is 129 Å². The number of hydrogen-bond acceptors (Lipinski definition) is 14. The summed E-state index contributed by atoms with van der Waals surface area (Å²) in [6.45, 7) is 10.2. The number of amides is 3.